The predicted molar refractivity (Wildman–Crippen MR) is 57.6 cm³/mol. The number of rotatable bonds is 2. The van der Waals surface area contributed by atoms with Gasteiger partial charge in [-0.15, -0.1) is 0 Å². The molecule has 82 valence electrons. The summed E-state index contributed by atoms with van der Waals surface area (Å²) in [4.78, 5) is 8.12. The van der Waals surface area contributed by atoms with Gasteiger partial charge < -0.3 is 10.5 Å². The molecule has 0 amide bonds. The first-order valence-electron chi connectivity index (χ1n) is 5.45. The molecule has 1 aromatic rings. The third-order valence-corrected chi connectivity index (χ3v) is 2.73. The monoisotopic (exact) mass is 207 g/mol. The Balaban J connectivity index is 1.96. The van der Waals surface area contributed by atoms with Gasteiger partial charge in [0.1, 0.15) is 12.4 Å². The molecule has 2 unspecified atom stereocenters. The van der Waals surface area contributed by atoms with Crippen molar-refractivity contribution in [3.8, 4) is 5.88 Å². The Morgan fingerprint density at radius 1 is 1.40 bits per heavy atom. The highest BCUT2D eigenvalue weighted by Crippen LogP contribution is 2.21. The largest absolute Gasteiger partial charge is 0.474 e. The number of ether oxygens (including phenoxy) is 1. The summed E-state index contributed by atoms with van der Waals surface area (Å²) >= 11 is 0. The molecule has 2 N–H and O–H groups in total. The lowest BCUT2D eigenvalue weighted by Crippen LogP contribution is -2.33. The smallest absolute Gasteiger partial charge is 0.216 e. The summed E-state index contributed by atoms with van der Waals surface area (Å²) in [6.45, 7) is 1.93. The van der Waals surface area contributed by atoms with Gasteiger partial charge in [0, 0.05) is 17.8 Å². The summed E-state index contributed by atoms with van der Waals surface area (Å²) in [6, 6.07) is 2.15. The molecule has 4 nitrogen and oxygen atoms in total. The second-order valence-corrected chi connectivity index (χ2v) is 4.16. The maximum Gasteiger partial charge on any atom is 0.216 e. The number of nitrogens with zero attached hydrogens (tertiary/aromatic N) is 2. The van der Waals surface area contributed by atoms with Crippen molar-refractivity contribution >= 4 is 0 Å². The van der Waals surface area contributed by atoms with E-state index in [2.05, 4.69) is 9.97 Å². The lowest BCUT2D eigenvalue weighted by Gasteiger charge is -2.26. The summed E-state index contributed by atoms with van der Waals surface area (Å²) in [6.07, 6.45) is 6.04. The summed E-state index contributed by atoms with van der Waals surface area (Å²) in [5.41, 5.74) is 6.83. The van der Waals surface area contributed by atoms with E-state index in [1.807, 2.05) is 13.0 Å². The minimum atomic E-state index is 0.225. The van der Waals surface area contributed by atoms with E-state index >= 15 is 0 Å². The Bertz CT molecular complexity index is 329. The number of nitrogens with two attached hydrogens (primary N) is 1. The van der Waals surface area contributed by atoms with Crippen LogP contribution in [0.1, 0.15) is 31.4 Å². The Labute approximate surface area is 89.9 Å². The zero-order valence-corrected chi connectivity index (χ0v) is 9.02. The van der Waals surface area contributed by atoms with E-state index < -0.39 is 0 Å². The lowest BCUT2D eigenvalue weighted by atomic mass is 9.94. The SMILES string of the molecule is Cc1cc(OC2CCCC(N)C2)ncn1. The molecule has 0 radical (unpaired) electrons. The van der Waals surface area contributed by atoms with Crippen molar-refractivity contribution < 1.29 is 4.74 Å². The van der Waals surface area contributed by atoms with Crippen LogP contribution in [0.2, 0.25) is 0 Å². The Morgan fingerprint density at radius 3 is 3.00 bits per heavy atom. The van der Waals surface area contributed by atoms with Gasteiger partial charge in [0.05, 0.1) is 0 Å². The van der Waals surface area contributed by atoms with Crippen LogP contribution in [0.25, 0.3) is 0 Å². The third kappa shape index (κ3) is 2.89. The molecule has 1 heterocycles. The number of hydrogen-bond donors (Lipinski definition) is 1. The average molecular weight is 207 g/mol. The number of aromatic nitrogens is 2. The molecule has 15 heavy (non-hydrogen) atoms. The molecule has 1 aromatic heterocycles. The van der Waals surface area contributed by atoms with Crippen molar-refractivity contribution in [1.29, 1.82) is 0 Å². The van der Waals surface area contributed by atoms with Crippen molar-refractivity contribution in [2.75, 3.05) is 0 Å². The van der Waals surface area contributed by atoms with Crippen molar-refractivity contribution in [3.05, 3.63) is 18.1 Å². The van der Waals surface area contributed by atoms with Crippen LogP contribution in [0.15, 0.2) is 12.4 Å². The summed E-state index contributed by atoms with van der Waals surface area (Å²) in [5.74, 6) is 0.668. The third-order valence-electron chi connectivity index (χ3n) is 2.73. The predicted octanol–water partition coefficient (Wildman–Crippen LogP) is 1.43. The van der Waals surface area contributed by atoms with E-state index in [4.69, 9.17) is 10.5 Å². The maximum absolute atomic E-state index is 5.90. The molecule has 2 rings (SSSR count). The summed E-state index contributed by atoms with van der Waals surface area (Å²) < 4.78 is 5.78. The Hall–Kier alpha value is -1.16. The fourth-order valence-corrected chi connectivity index (χ4v) is 1.95. The van der Waals surface area contributed by atoms with Crippen molar-refractivity contribution in [3.63, 3.8) is 0 Å². The first-order valence-corrected chi connectivity index (χ1v) is 5.45. The fraction of sp³-hybridized carbons (Fsp3) is 0.636. The van der Waals surface area contributed by atoms with E-state index in [1.54, 1.807) is 0 Å². The molecular formula is C11H17N3O. The fourth-order valence-electron chi connectivity index (χ4n) is 1.95. The number of hydrogen-bond acceptors (Lipinski definition) is 4. The van der Waals surface area contributed by atoms with Crippen LogP contribution >= 0.6 is 0 Å². The summed E-state index contributed by atoms with van der Waals surface area (Å²) in [5, 5.41) is 0. The van der Waals surface area contributed by atoms with Gasteiger partial charge in [-0.05, 0) is 32.6 Å². The molecule has 1 aliphatic rings. The highest BCUT2D eigenvalue weighted by Gasteiger charge is 2.20. The zero-order valence-electron chi connectivity index (χ0n) is 9.02. The first-order chi connectivity index (χ1) is 7.24. The van der Waals surface area contributed by atoms with Crippen LogP contribution < -0.4 is 10.5 Å². The van der Waals surface area contributed by atoms with Gasteiger partial charge in [-0.2, -0.15) is 0 Å². The van der Waals surface area contributed by atoms with E-state index in [1.165, 1.54) is 6.33 Å². The van der Waals surface area contributed by atoms with Gasteiger partial charge in [0.25, 0.3) is 0 Å². The second-order valence-electron chi connectivity index (χ2n) is 4.16. The quantitative estimate of drug-likeness (QED) is 0.797. The summed E-state index contributed by atoms with van der Waals surface area (Å²) in [7, 11) is 0. The van der Waals surface area contributed by atoms with Crippen LogP contribution in [-0.4, -0.2) is 22.1 Å². The molecule has 1 fully saturated rings. The maximum atomic E-state index is 5.90. The zero-order chi connectivity index (χ0) is 10.7. The highest BCUT2D eigenvalue weighted by atomic mass is 16.5. The van der Waals surface area contributed by atoms with Crippen LogP contribution in [0.4, 0.5) is 0 Å². The van der Waals surface area contributed by atoms with Gasteiger partial charge in [-0.1, -0.05) is 0 Å². The Kier molecular flexibility index (Phi) is 3.16. The molecule has 2 atom stereocenters. The lowest BCUT2D eigenvalue weighted by molar-refractivity contribution is 0.138. The van der Waals surface area contributed by atoms with E-state index in [-0.39, 0.29) is 12.1 Å². The van der Waals surface area contributed by atoms with E-state index in [0.29, 0.717) is 5.88 Å². The van der Waals surface area contributed by atoms with Crippen LogP contribution in [-0.2, 0) is 0 Å². The van der Waals surface area contributed by atoms with Gasteiger partial charge in [0.2, 0.25) is 5.88 Å². The van der Waals surface area contributed by atoms with E-state index in [9.17, 15) is 0 Å². The molecule has 1 aliphatic carbocycles. The van der Waals surface area contributed by atoms with Crippen LogP contribution in [0.5, 0.6) is 5.88 Å². The van der Waals surface area contributed by atoms with E-state index in [0.717, 1.165) is 31.4 Å². The second kappa shape index (κ2) is 4.57. The van der Waals surface area contributed by atoms with Crippen LogP contribution in [0, 0.1) is 6.92 Å². The molecule has 0 bridgehead atoms. The van der Waals surface area contributed by atoms with Crippen molar-refractivity contribution in [1.82, 2.24) is 9.97 Å². The molecule has 0 aliphatic heterocycles. The van der Waals surface area contributed by atoms with Gasteiger partial charge in [-0.25, -0.2) is 9.97 Å². The topological polar surface area (TPSA) is 61.0 Å². The molecular weight excluding hydrogens is 190 g/mol. The molecule has 4 heteroatoms. The van der Waals surface area contributed by atoms with Gasteiger partial charge >= 0.3 is 0 Å². The molecule has 0 saturated heterocycles. The average Bonchev–Trinajstić information content (AvgIpc) is 2.17. The van der Waals surface area contributed by atoms with Gasteiger partial charge in [-0.3, -0.25) is 0 Å². The normalized spacial score (nSPS) is 26.3. The number of aryl methyl sites for hydroxylation is 1. The minimum Gasteiger partial charge on any atom is -0.474 e. The Morgan fingerprint density at radius 2 is 2.27 bits per heavy atom. The molecule has 0 spiro atoms. The van der Waals surface area contributed by atoms with Gasteiger partial charge in [0.15, 0.2) is 0 Å². The van der Waals surface area contributed by atoms with Crippen LogP contribution in [0.3, 0.4) is 0 Å². The molecule has 0 aromatic carbocycles. The molecule has 1 saturated carbocycles. The first kappa shape index (κ1) is 10.4. The standard InChI is InChI=1S/C11H17N3O/c1-8-5-11(14-7-13-8)15-10-4-2-3-9(12)6-10/h5,7,9-10H,2-4,6,12H2,1H3. The van der Waals surface area contributed by atoms with Crippen molar-refractivity contribution in [2.45, 2.75) is 44.8 Å². The minimum absolute atomic E-state index is 0.225. The van der Waals surface area contributed by atoms with Crippen molar-refractivity contribution in [2.24, 2.45) is 5.73 Å². The highest BCUT2D eigenvalue weighted by molar-refractivity contribution is 5.12.